The van der Waals surface area contributed by atoms with Crippen molar-refractivity contribution in [1.29, 1.82) is 0 Å². The first kappa shape index (κ1) is 24.1. The molecule has 9 heteroatoms. The lowest BCUT2D eigenvalue weighted by Gasteiger charge is -2.24. The molecule has 0 bridgehead atoms. The number of halogens is 1. The molecule has 0 saturated carbocycles. The van der Waals surface area contributed by atoms with Gasteiger partial charge in [0, 0.05) is 0 Å². The number of para-hydroxylation sites is 1. The lowest BCUT2D eigenvalue weighted by Crippen LogP contribution is -2.34. The van der Waals surface area contributed by atoms with Crippen LogP contribution in [0.4, 0.5) is 17.5 Å². The second-order valence-electron chi connectivity index (χ2n) is 7.42. The molecule has 30 heavy (non-hydrogen) atoms. The van der Waals surface area contributed by atoms with Gasteiger partial charge >= 0.3 is 0 Å². The summed E-state index contributed by atoms with van der Waals surface area (Å²) in [6.07, 6.45) is 2.98. The summed E-state index contributed by atoms with van der Waals surface area (Å²) in [5.41, 5.74) is 0.401. The van der Waals surface area contributed by atoms with Crippen molar-refractivity contribution >= 4 is 38.9 Å². The number of hydrogen-bond acceptors (Lipinski definition) is 7. The molecule has 2 unspecified atom stereocenters. The minimum absolute atomic E-state index is 0.0417. The Morgan fingerprint density at radius 1 is 1.17 bits per heavy atom. The van der Waals surface area contributed by atoms with Gasteiger partial charge in [-0.3, -0.25) is 0 Å². The van der Waals surface area contributed by atoms with E-state index >= 15 is 0 Å². The van der Waals surface area contributed by atoms with E-state index in [9.17, 15) is 8.42 Å². The third-order valence-electron chi connectivity index (χ3n) is 4.32. The number of rotatable bonds is 10. The molecular formula is C21H29ClN4O3S. The van der Waals surface area contributed by atoms with Crippen LogP contribution in [-0.2, 0) is 14.6 Å². The lowest BCUT2D eigenvalue weighted by molar-refractivity contribution is 0.0281. The average molecular weight is 453 g/mol. The largest absolute Gasteiger partial charge is 0.369 e. The molecule has 2 N–H and O–H groups in total. The van der Waals surface area contributed by atoms with Gasteiger partial charge in [0.05, 0.1) is 40.3 Å². The highest BCUT2D eigenvalue weighted by Gasteiger charge is 2.23. The van der Waals surface area contributed by atoms with Crippen molar-refractivity contribution in [2.75, 3.05) is 10.6 Å². The zero-order valence-corrected chi connectivity index (χ0v) is 19.5. The number of ether oxygens (including phenoxy) is 1. The van der Waals surface area contributed by atoms with E-state index in [4.69, 9.17) is 16.3 Å². The summed E-state index contributed by atoms with van der Waals surface area (Å²) in [6, 6.07) is 6.52. The zero-order chi connectivity index (χ0) is 22.5. The second kappa shape index (κ2) is 10.2. The van der Waals surface area contributed by atoms with Gasteiger partial charge in [-0.2, -0.15) is 4.98 Å². The number of sulfone groups is 1. The Balaban J connectivity index is 2.31. The Bertz CT molecular complexity index is 980. The predicted octanol–water partition coefficient (Wildman–Crippen LogP) is 4.84. The van der Waals surface area contributed by atoms with Crippen LogP contribution in [0.5, 0.6) is 0 Å². The number of nitrogens with one attached hydrogen (secondary N) is 2. The van der Waals surface area contributed by atoms with Crippen molar-refractivity contribution in [3.8, 4) is 0 Å². The Hall–Kier alpha value is -2.16. The highest BCUT2D eigenvalue weighted by molar-refractivity contribution is 7.92. The van der Waals surface area contributed by atoms with Crippen molar-refractivity contribution < 1.29 is 13.2 Å². The maximum absolute atomic E-state index is 12.7. The van der Waals surface area contributed by atoms with E-state index in [1.54, 1.807) is 44.2 Å². The quantitative estimate of drug-likeness (QED) is 0.498. The Labute approximate surface area is 183 Å². The summed E-state index contributed by atoms with van der Waals surface area (Å²) in [5.74, 6) is 0.630. The monoisotopic (exact) mass is 452 g/mol. The van der Waals surface area contributed by atoms with E-state index in [2.05, 4.69) is 27.2 Å². The van der Waals surface area contributed by atoms with Crippen molar-refractivity contribution in [1.82, 2.24) is 9.97 Å². The van der Waals surface area contributed by atoms with Gasteiger partial charge in [-0.05, 0) is 46.8 Å². The van der Waals surface area contributed by atoms with E-state index < -0.39 is 15.1 Å². The topological polar surface area (TPSA) is 93.2 Å². The molecule has 0 amide bonds. The first-order chi connectivity index (χ1) is 14.1. The summed E-state index contributed by atoms with van der Waals surface area (Å²) in [7, 11) is -3.49. The molecule has 0 aliphatic carbocycles. The first-order valence-corrected chi connectivity index (χ1v) is 11.7. The molecule has 0 fully saturated rings. The van der Waals surface area contributed by atoms with E-state index in [0.717, 1.165) is 0 Å². The third kappa shape index (κ3) is 5.93. The second-order valence-corrected chi connectivity index (χ2v) is 10.3. The highest BCUT2D eigenvalue weighted by atomic mass is 35.5. The SMILES string of the molecule is C=CC(OC(C)C)C(C)Nc1ncc(Cl)c(Nc2ccccc2S(=O)(=O)C(C)C)n1. The van der Waals surface area contributed by atoms with Crippen LogP contribution in [0.1, 0.15) is 34.6 Å². The minimum Gasteiger partial charge on any atom is -0.369 e. The molecule has 7 nitrogen and oxygen atoms in total. The van der Waals surface area contributed by atoms with Crippen molar-refractivity contribution in [2.24, 2.45) is 0 Å². The van der Waals surface area contributed by atoms with Crippen LogP contribution < -0.4 is 10.6 Å². The summed E-state index contributed by atoms with van der Waals surface area (Å²) < 4.78 is 31.2. The van der Waals surface area contributed by atoms with Gasteiger partial charge in [0.15, 0.2) is 15.7 Å². The molecule has 1 aromatic carbocycles. The van der Waals surface area contributed by atoms with Crippen molar-refractivity contribution in [3.63, 3.8) is 0 Å². The van der Waals surface area contributed by atoms with E-state index in [1.807, 2.05) is 20.8 Å². The molecule has 0 spiro atoms. The fourth-order valence-corrected chi connectivity index (χ4v) is 4.04. The summed E-state index contributed by atoms with van der Waals surface area (Å²) in [5, 5.41) is 5.92. The van der Waals surface area contributed by atoms with Gasteiger partial charge in [-0.25, -0.2) is 13.4 Å². The fourth-order valence-electron chi connectivity index (χ4n) is 2.70. The molecule has 0 saturated heterocycles. The van der Waals surface area contributed by atoms with Gasteiger partial charge in [-0.15, -0.1) is 6.58 Å². The molecule has 1 heterocycles. The number of benzene rings is 1. The fraction of sp³-hybridized carbons (Fsp3) is 0.429. The maximum atomic E-state index is 12.7. The summed E-state index contributed by atoms with van der Waals surface area (Å²) >= 11 is 6.26. The molecule has 0 aliphatic heterocycles. The van der Waals surface area contributed by atoms with Crippen molar-refractivity contribution in [3.05, 3.63) is 48.1 Å². The Kier molecular flexibility index (Phi) is 8.23. The Morgan fingerprint density at radius 3 is 2.43 bits per heavy atom. The number of anilines is 3. The predicted molar refractivity (Wildman–Crippen MR) is 122 cm³/mol. The number of aromatic nitrogens is 2. The number of nitrogens with zero attached hydrogens (tertiary/aromatic N) is 2. The average Bonchev–Trinajstić information content (AvgIpc) is 2.68. The van der Waals surface area contributed by atoms with Crippen LogP contribution in [0, 0.1) is 0 Å². The minimum atomic E-state index is -3.49. The lowest BCUT2D eigenvalue weighted by atomic mass is 10.2. The van der Waals surface area contributed by atoms with Gasteiger partial charge in [0.25, 0.3) is 0 Å². The molecule has 0 radical (unpaired) electrons. The van der Waals surface area contributed by atoms with Crippen LogP contribution >= 0.6 is 11.6 Å². The van der Waals surface area contributed by atoms with Gasteiger partial charge in [0.1, 0.15) is 5.02 Å². The Morgan fingerprint density at radius 2 is 1.83 bits per heavy atom. The van der Waals surface area contributed by atoms with Crippen LogP contribution in [-0.4, -0.2) is 41.9 Å². The molecule has 164 valence electrons. The number of hydrogen-bond donors (Lipinski definition) is 2. The van der Waals surface area contributed by atoms with Crippen LogP contribution in [0.15, 0.2) is 48.0 Å². The maximum Gasteiger partial charge on any atom is 0.225 e. The van der Waals surface area contributed by atoms with E-state index in [0.29, 0.717) is 17.5 Å². The molecule has 2 aromatic rings. The normalized spacial score (nSPS) is 13.9. The van der Waals surface area contributed by atoms with E-state index in [-0.39, 0.29) is 28.2 Å². The summed E-state index contributed by atoms with van der Waals surface area (Å²) in [6.45, 7) is 12.9. The molecule has 2 atom stereocenters. The van der Waals surface area contributed by atoms with Gasteiger partial charge < -0.3 is 15.4 Å². The van der Waals surface area contributed by atoms with Gasteiger partial charge in [-0.1, -0.05) is 29.8 Å². The third-order valence-corrected chi connectivity index (χ3v) is 6.81. The van der Waals surface area contributed by atoms with Crippen LogP contribution in [0.3, 0.4) is 0 Å². The molecule has 1 aromatic heterocycles. The highest BCUT2D eigenvalue weighted by Crippen LogP contribution is 2.30. The molecule has 0 aliphatic rings. The standard InChI is InChI=1S/C21H29ClN4O3S/c1-7-18(29-13(2)3)15(6)24-21-23-12-16(22)20(26-21)25-17-10-8-9-11-19(17)30(27,28)14(4)5/h7-15,18H,1H2,2-6H3,(H2,23,24,25,26). The van der Waals surface area contributed by atoms with E-state index in [1.165, 1.54) is 6.20 Å². The smallest absolute Gasteiger partial charge is 0.225 e. The van der Waals surface area contributed by atoms with Crippen LogP contribution in [0.25, 0.3) is 0 Å². The molecular weight excluding hydrogens is 424 g/mol. The van der Waals surface area contributed by atoms with Crippen molar-refractivity contribution in [2.45, 2.75) is 63.0 Å². The summed E-state index contributed by atoms with van der Waals surface area (Å²) in [4.78, 5) is 8.82. The van der Waals surface area contributed by atoms with Crippen LogP contribution in [0.2, 0.25) is 5.02 Å². The molecule has 2 rings (SSSR count). The van der Waals surface area contributed by atoms with Gasteiger partial charge in [0.2, 0.25) is 5.95 Å². The first-order valence-electron chi connectivity index (χ1n) is 9.73. The zero-order valence-electron chi connectivity index (χ0n) is 17.9.